The van der Waals surface area contributed by atoms with Crippen molar-refractivity contribution in [1.82, 2.24) is 5.32 Å². The molecule has 0 spiro atoms. The van der Waals surface area contributed by atoms with Gasteiger partial charge in [0.05, 0.1) is 0 Å². The molecule has 17 heavy (non-hydrogen) atoms. The third kappa shape index (κ3) is 26.1. The molecule has 7 nitrogen and oxygen atoms in total. The fraction of sp³-hybridized carbons (Fsp3) is 1.00. The van der Waals surface area contributed by atoms with Gasteiger partial charge < -0.3 is 24.9 Å². The summed E-state index contributed by atoms with van der Waals surface area (Å²) >= 11 is 0. The van der Waals surface area contributed by atoms with Gasteiger partial charge in [-0.1, -0.05) is 25.7 Å². The summed E-state index contributed by atoms with van der Waals surface area (Å²) in [6.07, 6.45) is 8.58. The molecule has 5 N–H and O–H groups in total. The zero-order valence-electron chi connectivity index (χ0n) is 9.93. The van der Waals surface area contributed by atoms with E-state index in [2.05, 4.69) is 12.4 Å². The Bertz CT molecular complexity index is 188. The number of rotatable bonds is 1. The highest BCUT2D eigenvalue weighted by Crippen LogP contribution is 2.16. The molecule has 1 saturated carbocycles. The van der Waals surface area contributed by atoms with Gasteiger partial charge in [0.15, 0.2) is 0 Å². The molecule has 0 bridgehead atoms. The van der Waals surface area contributed by atoms with Gasteiger partial charge in [-0.15, -0.1) is 0 Å². The summed E-state index contributed by atoms with van der Waals surface area (Å²) < 4.78 is 17.5. The summed E-state index contributed by atoms with van der Waals surface area (Å²) in [4.78, 5) is 28.6. The second-order valence-corrected chi connectivity index (χ2v) is 4.67. The van der Waals surface area contributed by atoms with Crippen molar-refractivity contribution in [2.24, 2.45) is 0 Å². The van der Waals surface area contributed by atoms with Gasteiger partial charge in [-0.05, 0) is 19.9 Å². The Kier molecular flexibility index (Phi) is 16.5. The van der Waals surface area contributed by atoms with Crippen molar-refractivity contribution < 1.29 is 28.7 Å². The van der Waals surface area contributed by atoms with E-state index in [9.17, 15) is 0 Å². The minimum Gasteiger partial charge on any atom is -0.326 e. The lowest BCUT2D eigenvalue weighted by Gasteiger charge is -2.10. The molecule has 1 fully saturated rings. The maximum absolute atomic E-state index is 8.74. The summed E-state index contributed by atoms with van der Waals surface area (Å²) in [6, 6.07) is 0.826. The van der Waals surface area contributed by atoms with Gasteiger partial charge in [-0.2, -0.15) is 0 Å². The molecule has 0 radical (unpaired) electrons. The van der Waals surface area contributed by atoms with Crippen LogP contribution < -0.4 is 5.32 Å². The van der Waals surface area contributed by atoms with Crippen molar-refractivity contribution in [1.29, 1.82) is 0 Å². The van der Waals surface area contributed by atoms with Crippen LogP contribution in [0.2, 0.25) is 0 Å². The molecule has 1 aliphatic carbocycles. The van der Waals surface area contributed by atoms with Crippen molar-refractivity contribution in [3.8, 4) is 0 Å². The van der Waals surface area contributed by atoms with Crippen LogP contribution in [0, 0.1) is 0 Å². The molecule has 1 rings (SSSR count). The van der Waals surface area contributed by atoms with Gasteiger partial charge in [0.25, 0.3) is 0 Å². The van der Waals surface area contributed by atoms with Crippen LogP contribution in [0.4, 0.5) is 0 Å². The van der Waals surface area contributed by atoms with E-state index in [1.165, 1.54) is 38.5 Å². The third-order valence-electron chi connectivity index (χ3n) is 2.26. The summed E-state index contributed by atoms with van der Waals surface area (Å²) in [6.45, 7) is 0. The van der Waals surface area contributed by atoms with Crippen LogP contribution in [0.3, 0.4) is 0 Å². The highest BCUT2D eigenvalue weighted by atomic mass is 31.1. The van der Waals surface area contributed by atoms with Crippen LogP contribution in [-0.2, 0) is 9.13 Å². The molecule has 0 heterocycles. The van der Waals surface area contributed by atoms with Gasteiger partial charge in [0.2, 0.25) is 0 Å². The second kappa shape index (κ2) is 14.3. The van der Waals surface area contributed by atoms with Crippen LogP contribution in [0.5, 0.6) is 0 Å². The molecule has 0 aromatic carbocycles. The lowest BCUT2D eigenvalue weighted by atomic mass is 10.1. The lowest BCUT2D eigenvalue weighted by Crippen LogP contribution is -2.23. The van der Waals surface area contributed by atoms with E-state index in [0.717, 1.165) is 6.04 Å². The average Bonchev–Trinajstić information content (AvgIpc) is 2.43. The van der Waals surface area contributed by atoms with Crippen molar-refractivity contribution >= 4 is 16.5 Å². The normalized spacial score (nSPS) is 16.6. The maximum atomic E-state index is 8.74. The fourth-order valence-electron chi connectivity index (χ4n) is 1.57. The third-order valence-corrected chi connectivity index (χ3v) is 2.26. The first-order valence-electron chi connectivity index (χ1n) is 5.41. The van der Waals surface area contributed by atoms with Crippen LogP contribution in [0.1, 0.15) is 38.5 Å². The molecule has 1 aliphatic rings. The second-order valence-electron chi connectivity index (χ2n) is 3.54. The van der Waals surface area contributed by atoms with Crippen molar-refractivity contribution in [3.63, 3.8) is 0 Å². The first kappa shape index (κ1) is 19.6. The Hall–Kier alpha value is 0.260. The molecule has 0 aromatic heterocycles. The summed E-state index contributed by atoms with van der Waals surface area (Å²) in [5.74, 6) is 0. The first-order chi connectivity index (χ1) is 7.90. The molecule has 9 heteroatoms. The smallest absolute Gasteiger partial charge is 0.314 e. The Labute approximate surface area is 103 Å². The Balaban J connectivity index is 0. The van der Waals surface area contributed by atoms with E-state index in [0.29, 0.717) is 0 Å². The molecule has 0 saturated heterocycles. The highest BCUT2D eigenvalue weighted by molar-refractivity contribution is 7.31. The minimum atomic E-state index is -3.13. The monoisotopic (exact) mass is 291 g/mol. The average molecular weight is 291 g/mol. The topological polar surface area (TPSA) is 127 Å². The molecule has 0 unspecified atom stereocenters. The standard InChI is InChI=1S/C8H17N.2H3O3P/c1-9-8-6-4-2-3-5-7-8;2*1-4(2)3/h8-9H,2-7H2,1H3;2*4H,(H2,1,2,3). The van der Waals surface area contributed by atoms with Crippen LogP contribution in [0.25, 0.3) is 0 Å². The number of nitrogens with one attached hydrogen (secondary N) is 1. The molecule has 0 atom stereocenters. The molecular weight excluding hydrogens is 268 g/mol. The van der Waals surface area contributed by atoms with E-state index >= 15 is 0 Å². The van der Waals surface area contributed by atoms with Crippen molar-refractivity contribution in [2.45, 2.75) is 44.6 Å². The maximum Gasteiger partial charge on any atom is 0.314 e. The Morgan fingerprint density at radius 1 is 0.882 bits per heavy atom. The van der Waals surface area contributed by atoms with Crippen molar-refractivity contribution in [3.05, 3.63) is 0 Å². The van der Waals surface area contributed by atoms with Crippen LogP contribution in [-0.4, -0.2) is 32.7 Å². The van der Waals surface area contributed by atoms with Gasteiger partial charge in [-0.3, -0.25) is 9.13 Å². The lowest BCUT2D eigenvalue weighted by molar-refractivity contribution is 0.403. The van der Waals surface area contributed by atoms with E-state index in [-0.39, 0.29) is 0 Å². The van der Waals surface area contributed by atoms with Crippen LogP contribution in [0.15, 0.2) is 0 Å². The summed E-state index contributed by atoms with van der Waals surface area (Å²) in [7, 11) is -4.18. The Morgan fingerprint density at radius 2 is 1.18 bits per heavy atom. The Morgan fingerprint density at radius 3 is 1.41 bits per heavy atom. The van der Waals surface area contributed by atoms with E-state index in [1.54, 1.807) is 0 Å². The molecule has 0 amide bonds. The quantitative estimate of drug-likeness (QED) is 0.354. The van der Waals surface area contributed by atoms with Crippen molar-refractivity contribution in [2.75, 3.05) is 7.05 Å². The van der Waals surface area contributed by atoms with Crippen LogP contribution >= 0.6 is 16.5 Å². The number of hydrogen-bond acceptors (Lipinski definition) is 3. The molecule has 106 valence electrons. The minimum absolute atomic E-state index is 0.826. The van der Waals surface area contributed by atoms with Gasteiger partial charge in [0, 0.05) is 6.04 Å². The predicted molar refractivity (Wildman–Crippen MR) is 67.4 cm³/mol. The number of hydrogen-bond donors (Lipinski definition) is 5. The summed E-state index contributed by atoms with van der Waals surface area (Å²) in [5.41, 5.74) is 0. The van der Waals surface area contributed by atoms with Gasteiger partial charge in [-0.25, -0.2) is 0 Å². The van der Waals surface area contributed by atoms with Gasteiger partial charge in [0.1, 0.15) is 0 Å². The largest absolute Gasteiger partial charge is 0.326 e. The molecule has 0 aromatic rings. The molecule has 0 aliphatic heterocycles. The summed E-state index contributed by atoms with van der Waals surface area (Å²) in [5, 5.41) is 3.34. The van der Waals surface area contributed by atoms with E-state index in [1.807, 2.05) is 0 Å². The SMILES string of the molecule is CNC1CCCCCC1.O=[PH](O)O.O=[PH](O)O. The van der Waals surface area contributed by atoms with E-state index in [4.69, 9.17) is 28.7 Å². The first-order valence-corrected chi connectivity index (χ1v) is 8.01. The molecular formula is C8H23NO6P2. The zero-order chi connectivity index (χ0) is 13.7. The fourth-order valence-corrected chi connectivity index (χ4v) is 1.57. The van der Waals surface area contributed by atoms with E-state index < -0.39 is 16.5 Å². The zero-order valence-corrected chi connectivity index (χ0v) is 11.9. The van der Waals surface area contributed by atoms with Gasteiger partial charge >= 0.3 is 16.5 Å². The highest BCUT2D eigenvalue weighted by Gasteiger charge is 2.08. The predicted octanol–water partition coefficient (Wildman–Crippen LogP) is 0.650.